The normalized spacial score (nSPS) is 16.4. The minimum absolute atomic E-state index is 0.0934. The van der Waals surface area contributed by atoms with Gasteiger partial charge in [0.05, 0.1) is 6.10 Å². The van der Waals surface area contributed by atoms with Gasteiger partial charge >= 0.3 is 0 Å². The Kier molecular flexibility index (Phi) is 7.67. The predicted octanol–water partition coefficient (Wildman–Crippen LogP) is 3.23. The fraction of sp³-hybridized carbons (Fsp3) is 0.458. The molecule has 0 bridgehead atoms. The number of piperidine rings is 1. The number of benzene rings is 2. The molecule has 1 N–H and O–H groups in total. The number of amides is 1. The Labute approximate surface area is 173 Å². The molecule has 5 nitrogen and oxygen atoms in total. The molecular weight excluding hydrogens is 364 g/mol. The third kappa shape index (κ3) is 6.58. The average Bonchev–Trinajstić information content (AvgIpc) is 2.73. The van der Waals surface area contributed by atoms with E-state index in [1.165, 1.54) is 10.5 Å². The number of likely N-dealkylation sites (N-methyl/N-ethyl adjacent to an activating group) is 1. The van der Waals surface area contributed by atoms with E-state index in [2.05, 4.69) is 35.2 Å². The highest BCUT2D eigenvalue weighted by molar-refractivity contribution is 5.94. The monoisotopic (exact) mass is 396 g/mol. The predicted molar refractivity (Wildman–Crippen MR) is 115 cm³/mol. The van der Waals surface area contributed by atoms with Crippen LogP contribution in [0, 0.1) is 0 Å². The zero-order chi connectivity index (χ0) is 20.6. The number of carbonyl (C=O) groups excluding carboxylic acids is 1. The number of aliphatic hydroxyl groups excluding tert-OH is 1. The van der Waals surface area contributed by atoms with Crippen LogP contribution in [0.2, 0.25) is 0 Å². The summed E-state index contributed by atoms with van der Waals surface area (Å²) in [6.45, 7) is 5.19. The molecule has 156 valence electrons. The molecule has 2 aromatic rings. The molecule has 1 atom stereocenters. The van der Waals surface area contributed by atoms with Crippen LogP contribution < -0.4 is 4.74 Å². The number of nitrogens with zero attached hydrogens (tertiary/aromatic N) is 2. The van der Waals surface area contributed by atoms with Crippen LogP contribution in [0.15, 0.2) is 54.6 Å². The maximum absolute atomic E-state index is 12.4. The molecule has 0 aliphatic carbocycles. The lowest BCUT2D eigenvalue weighted by molar-refractivity contribution is 0.0703. The van der Waals surface area contributed by atoms with Gasteiger partial charge in [-0.1, -0.05) is 30.3 Å². The van der Waals surface area contributed by atoms with Crippen molar-refractivity contribution in [2.75, 3.05) is 33.2 Å². The Morgan fingerprint density at radius 3 is 2.41 bits per heavy atom. The topological polar surface area (TPSA) is 53.0 Å². The van der Waals surface area contributed by atoms with E-state index < -0.39 is 6.10 Å². The van der Waals surface area contributed by atoms with Crippen LogP contribution >= 0.6 is 0 Å². The summed E-state index contributed by atoms with van der Waals surface area (Å²) in [5, 5.41) is 9.44. The van der Waals surface area contributed by atoms with E-state index in [0.717, 1.165) is 44.6 Å². The number of aliphatic hydroxyl groups is 1. The minimum Gasteiger partial charge on any atom is -0.490 e. The second kappa shape index (κ2) is 10.4. The van der Waals surface area contributed by atoms with Crippen LogP contribution in [0.1, 0.15) is 35.7 Å². The highest BCUT2D eigenvalue weighted by atomic mass is 16.5. The fourth-order valence-corrected chi connectivity index (χ4v) is 3.75. The van der Waals surface area contributed by atoms with Crippen molar-refractivity contribution in [1.82, 2.24) is 9.80 Å². The van der Waals surface area contributed by atoms with Crippen LogP contribution in [-0.2, 0) is 6.42 Å². The molecule has 0 spiro atoms. The van der Waals surface area contributed by atoms with Crippen molar-refractivity contribution in [2.45, 2.75) is 38.4 Å². The molecule has 1 aliphatic rings. The molecule has 0 saturated carbocycles. The largest absolute Gasteiger partial charge is 0.490 e. The van der Waals surface area contributed by atoms with Crippen molar-refractivity contribution in [3.8, 4) is 5.75 Å². The molecule has 0 aromatic heterocycles. The Hall–Kier alpha value is -2.37. The fourth-order valence-electron chi connectivity index (χ4n) is 3.75. The summed E-state index contributed by atoms with van der Waals surface area (Å²) in [5.74, 6) is 0.714. The smallest absolute Gasteiger partial charge is 0.253 e. The summed E-state index contributed by atoms with van der Waals surface area (Å²) in [4.78, 5) is 16.4. The van der Waals surface area contributed by atoms with Gasteiger partial charge in [-0.15, -0.1) is 0 Å². The third-order valence-corrected chi connectivity index (χ3v) is 5.38. The van der Waals surface area contributed by atoms with Gasteiger partial charge in [0.1, 0.15) is 11.9 Å². The summed E-state index contributed by atoms with van der Waals surface area (Å²) in [6.07, 6.45) is 2.82. The van der Waals surface area contributed by atoms with E-state index in [0.29, 0.717) is 12.1 Å². The molecule has 1 aliphatic heterocycles. The third-order valence-electron chi connectivity index (χ3n) is 5.38. The van der Waals surface area contributed by atoms with Gasteiger partial charge in [0, 0.05) is 38.8 Å². The van der Waals surface area contributed by atoms with Gasteiger partial charge < -0.3 is 19.6 Å². The van der Waals surface area contributed by atoms with Crippen LogP contribution in [-0.4, -0.2) is 66.2 Å². The Balaban J connectivity index is 1.42. The van der Waals surface area contributed by atoms with E-state index in [1.807, 2.05) is 12.1 Å². The summed E-state index contributed by atoms with van der Waals surface area (Å²) in [5.41, 5.74) is 2.00. The molecular formula is C24H32N2O3. The first-order chi connectivity index (χ1) is 14.0. The first kappa shape index (κ1) is 21.3. The average molecular weight is 397 g/mol. The molecule has 1 heterocycles. The van der Waals surface area contributed by atoms with Crippen molar-refractivity contribution in [3.05, 3.63) is 65.7 Å². The van der Waals surface area contributed by atoms with Crippen molar-refractivity contribution in [2.24, 2.45) is 0 Å². The summed E-state index contributed by atoms with van der Waals surface area (Å²) >= 11 is 0. The van der Waals surface area contributed by atoms with Gasteiger partial charge in [0.25, 0.3) is 5.91 Å². The SMILES string of the molecule is C[C@H](O)CN(C)C(=O)c1ccc(OC2CCN(CCc3ccccc3)CC2)cc1. The molecule has 3 rings (SSSR count). The zero-order valence-corrected chi connectivity index (χ0v) is 17.5. The number of hydrogen-bond donors (Lipinski definition) is 1. The molecule has 0 unspecified atom stereocenters. The van der Waals surface area contributed by atoms with Crippen LogP contribution in [0.3, 0.4) is 0 Å². The maximum Gasteiger partial charge on any atom is 0.253 e. The van der Waals surface area contributed by atoms with Crippen molar-refractivity contribution >= 4 is 5.91 Å². The first-order valence-corrected chi connectivity index (χ1v) is 10.5. The van der Waals surface area contributed by atoms with Crippen molar-refractivity contribution in [3.63, 3.8) is 0 Å². The second-order valence-corrected chi connectivity index (χ2v) is 7.95. The van der Waals surface area contributed by atoms with Gasteiger partial charge in [0.15, 0.2) is 0 Å². The number of hydrogen-bond acceptors (Lipinski definition) is 4. The summed E-state index contributed by atoms with van der Waals surface area (Å²) < 4.78 is 6.13. The van der Waals surface area contributed by atoms with Gasteiger partial charge in [0.2, 0.25) is 0 Å². The Morgan fingerprint density at radius 2 is 1.79 bits per heavy atom. The van der Waals surface area contributed by atoms with E-state index in [-0.39, 0.29) is 12.0 Å². The second-order valence-electron chi connectivity index (χ2n) is 7.95. The maximum atomic E-state index is 12.4. The highest BCUT2D eigenvalue weighted by Crippen LogP contribution is 2.20. The number of ether oxygens (including phenoxy) is 1. The summed E-state index contributed by atoms with van der Waals surface area (Å²) in [7, 11) is 1.70. The number of carbonyl (C=O) groups is 1. The molecule has 1 amide bonds. The highest BCUT2D eigenvalue weighted by Gasteiger charge is 2.20. The molecule has 29 heavy (non-hydrogen) atoms. The Bertz CT molecular complexity index is 753. The lowest BCUT2D eigenvalue weighted by Gasteiger charge is -2.32. The van der Waals surface area contributed by atoms with Gasteiger partial charge in [-0.25, -0.2) is 0 Å². The van der Waals surface area contributed by atoms with E-state index in [9.17, 15) is 9.90 Å². The standard InChI is InChI=1S/C24H32N2O3/c1-19(27)18-25(2)24(28)21-8-10-22(11-9-21)29-23-13-16-26(17-14-23)15-12-20-6-4-3-5-7-20/h3-11,19,23,27H,12-18H2,1-2H3/t19-/m0/s1. The van der Waals surface area contributed by atoms with Crippen molar-refractivity contribution in [1.29, 1.82) is 0 Å². The zero-order valence-electron chi connectivity index (χ0n) is 17.5. The molecule has 5 heteroatoms. The van der Waals surface area contributed by atoms with Gasteiger partial charge in [-0.3, -0.25) is 4.79 Å². The summed E-state index contributed by atoms with van der Waals surface area (Å²) in [6, 6.07) is 18.0. The van der Waals surface area contributed by atoms with Gasteiger partial charge in [-0.2, -0.15) is 0 Å². The minimum atomic E-state index is -0.537. The molecule has 2 aromatic carbocycles. The lowest BCUT2D eigenvalue weighted by atomic mass is 10.1. The van der Waals surface area contributed by atoms with E-state index >= 15 is 0 Å². The first-order valence-electron chi connectivity index (χ1n) is 10.5. The van der Waals surface area contributed by atoms with Crippen molar-refractivity contribution < 1.29 is 14.6 Å². The van der Waals surface area contributed by atoms with Crippen LogP contribution in [0.5, 0.6) is 5.75 Å². The number of rotatable bonds is 8. The van der Waals surface area contributed by atoms with Crippen LogP contribution in [0.4, 0.5) is 0 Å². The quantitative estimate of drug-likeness (QED) is 0.744. The molecule has 0 radical (unpaired) electrons. The van der Waals surface area contributed by atoms with Crippen LogP contribution in [0.25, 0.3) is 0 Å². The Morgan fingerprint density at radius 1 is 1.14 bits per heavy atom. The molecule has 1 saturated heterocycles. The van der Waals surface area contributed by atoms with E-state index in [4.69, 9.17) is 4.74 Å². The number of likely N-dealkylation sites (tertiary alicyclic amines) is 1. The van der Waals surface area contributed by atoms with Gasteiger partial charge in [-0.05, 0) is 56.0 Å². The van der Waals surface area contributed by atoms with E-state index in [1.54, 1.807) is 26.1 Å². The lowest BCUT2D eigenvalue weighted by Crippen LogP contribution is -2.39. The molecule has 1 fully saturated rings.